The Morgan fingerprint density at radius 3 is 2.68 bits per heavy atom. The van der Waals surface area contributed by atoms with Crippen molar-refractivity contribution in [3.63, 3.8) is 0 Å². The Hall–Kier alpha value is -3.61. The minimum Gasteiger partial charge on any atom is -0.366 e. The van der Waals surface area contributed by atoms with Crippen LogP contribution in [0.2, 0.25) is 0 Å². The Labute approximate surface area is 163 Å². The van der Waals surface area contributed by atoms with E-state index in [1.807, 2.05) is 29.0 Å². The van der Waals surface area contributed by atoms with Gasteiger partial charge in [-0.2, -0.15) is 0 Å². The highest BCUT2D eigenvalue weighted by Gasteiger charge is 2.07. The molecule has 3 rings (SSSR count). The zero-order chi connectivity index (χ0) is 19.8. The number of rotatable bonds is 8. The lowest BCUT2D eigenvalue weighted by molar-refractivity contribution is 0.1000. The summed E-state index contributed by atoms with van der Waals surface area (Å²) in [5, 5.41) is 5.47. The van der Waals surface area contributed by atoms with E-state index < -0.39 is 5.91 Å². The topological polar surface area (TPSA) is 102 Å². The summed E-state index contributed by atoms with van der Waals surface area (Å²) in [5.41, 5.74) is 7.40. The van der Waals surface area contributed by atoms with Crippen LogP contribution in [-0.2, 0) is 19.5 Å². The largest absolute Gasteiger partial charge is 0.366 e. The average Bonchev–Trinajstić information content (AvgIpc) is 3.15. The van der Waals surface area contributed by atoms with Gasteiger partial charge >= 0.3 is 6.03 Å². The van der Waals surface area contributed by atoms with Crippen LogP contribution in [0.3, 0.4) is 0 Å². The number of carbonyl (C=O) groups excluding carboxylic acids is 2. The lowest BCUT2D eigenvalue weighted by atomic mass is 10.1. The van der Waals surface area contributed by atoms with Gasteiger partial charge in [0.15, 0.2) is 0 Å². The van der Waals surface area contributed by atoms with Gasteiger partial charge in [-0.25, -0.2) is 9.78 Å². The van der Waals surface area contributed by atoms with Crippen molar-refractivity contribution in [2.75, 3.05) is 5.32 Å². The van der Waals surface area contributed by atoms with Crippen LogP contribution in [0, 0.1) is 0 Å². The van der Waals surface area contributed by atoms with Crippen molar-refractivity contribution < 1.29 is 9.59 Å². The highest BCUT2D eigenvalue weighted by Crippen LogP contribution is 2.10. The fourth-order valence-corrected chi connectivity index (χ4v) is 2.89. The molecule has 0 aliphatic heterocycles. The highest BCUT2D eigenvalue weighted by molar-refractivity contribution is 5.95. The third-order valence-corrected chi connectivity index (χ3v) is 4.32. The molecule has 2 aromatic carbocycles. The zero-order valence-electron chi connectivity index (χ0n) is 15.5. The van der Waals surface area contributed by atoms with Crippen molar-refractivity contribution in [3.05, 3.63) is 83.9 Å². The van der Waals surface area contributed by atoms with Crippen molar-refractivity contribution in [1.82, 2.24) is 14.9 Å². The molecule has 0 atom stereocenters. The average molecular weight is 377 g/mol. The lowest BCUT2D eigenvalue weighted by Gasteiger charge is -2.10. The third-order valence-electron chi connectivity index (χ3n) is 4.32. The number of aryl methyl sites for hydroxylation is 2. The number of primary amides is 1. The molecular formula is C21H23N5O2. The summed E-state index contributed by atoms with van der Waals surface area (Å²) >= 11 is 0. The maximum Gasteiger partial charge on any atom is 0.319 e. The number of hydrogen-bond donors (Lipinski definition) is 3. The van der Waals surface area contributed by atoms with Gasteiger partial charge in [0.2, 0.25) is 5.91 Å². The molecule has 0 aliphatic rings. The first-order valence-electron chi connectivity index (χ1n) is 9.10. The summed E-state index contributed by atoms with van der Waals surface area (Å²) in [6.45, 7) is 1.13. The van der Waals surface area contributed by atoms with E-state index in [1.165, 1.54) is 11.6 Å². The second kappa shape index (κ2) is 9.36. The maximum absolute atomic E-state index is 12.1. The quantitative estimate of drug-likeness (QED) is 0.562. The molecule has 0 radical (unpaired) electrons. The molecule has 0 fully saturated rings. The van der Waals surface area contributed by atoms with E-state index in [0.717, 1.165) is 25.2 Å². The molecule has 7 nitrogen and oxygen atoms in total. The number of aromatic nitrogens is 2. The number of carbonyl (C=O) groups is 2. The van der Waals surface area contributed by atoms with Gasteiger partial charge in [0, 0.05) is 30.2 Å². The molecule has 4 N–H and O–H groups in total. The number of anilines is 1. The number of imidazole rings is 1. The summed E-state index contributed by atoms with van der Waals surface area (Å²) in [6.07, 6.45) is 5.62. The van der Waals surface area contributed by atoms with Crippen LogP contribution in [0.1, 0.15) is 28.2 Å². The zero-order valence-corrected chi connectivity index (χ0v) is 15.5. The van der Waals surface area contributed by atoms with E-state index in [0.29, 0.717) is 17.8 Å². The van der Waals surface area contributed by atoms with Crippen molar-refractivity contribution in [2.45, 2.75) is 25.9 Å². The molecule has 0 saturated heterocycles. The number of benzene rings is 2. The van der Waals surface area contributed by atoms with Crippen LogP contribution in [0.15, 0.2) is 67.0 Å². The van der Waals surface area contributed by atoms with Gasteiger partial charge in [-0.05, 0) is 36.6 Å². The van der Waals surface area contributed by atoms with Crippen LogP contribution in [-0.4, -0.2) is 21.5 Å². The molecule has 0 aliphatic carbocycles. The molecule has 1 aromatic heterocycles. The van der Waals surface area contributed by atoms with Gasteiger partial charge < -0.3 is 20.9 Å². The van der Waals surface area contributed by atoms with E-state index >= 15 is 0 Å². The molecule has 28 heavy (non-hydrogen) atoms. The summed E-state index contributed by atoms with van der Waals surface area (Å²) < 4.78 is 2.04. The predicted molar refractivity (Wildman–Crippen MR) is 108 cm³/mol. The third kappa shape index (κ3) is 5.44. The molecule has 0 saturated carbocycles. The van der Waals surface area contributed by atoms with Crippen molar-refractivity contribution in [3.8, 4) is 0 Å². The minimum atomic E-state index is -0.540. The second-order valence-electron chi connectivity index (χ2n) is 6.38. The van der Waals surface area contributed by atoms with Crippen molar-refractivity contribution in [2.24, 2.45) is 5.73 Å². The number of hydrogen-bond acceptors (Lipinski definition) is 3. The standard InChI is InChI=1S/C21H23N5O2/c22-20(27)17-9-4-10-18(14-17)25-21(28)24-15-19-23-11-13-26(19)12-5-8-16-6-2-1-3-7-16/h1-4,6-7,9-11,13-14H,5,8,12,15H2,(H2,22,27)(H2,24,25,28). The van der Waals surface area contributed by atoms with Gasteiger partial charge in [-0.15, -0.1) is 0 Å². The number of urea groups is 1. The van der Waals surface area contributed by atoms with Crippen molar-refractivity contribution in [1.29, 1.82) is 0 Å². The number of amides is 3. The van der Waals surface area contributed by atoms with Gasteiger partial charge in [0.25, 0.3) is 0 Å². The van der Waals surface area contributed by atoms with E-state index in [2.05, 4.69) is 27.8 Å². The van der Waals surface area contributed by atoms with E-state index in [9.17, 15) is 9.59 Å². The van der Waals surface area contributed by atoms with Crippen LogP contribution >= 0.6 is 0 Å². The molecule has 0 spiro atoms. The maximum atomic E-state index is 12.1. The predicted octanol–water partition coefficient (Wildman–Crippen LogP) is 2.94. The molecule has 144 valence electrons. The first-order chi connectivity index (χ1) is 13.6. The van der Waals surface area contributed by atoms with Gasteiger partial charge in [-0.1, -0.05) is 36.4 Å². The van der Waals surface area contributed by atoms with Crippen LogP contribution in [0.5, 0.6) is 0 Å². The Morgan fingerprint density at radius 1 is 1.07 bits per heavy atom. The van der Waals surface area contributed by atoms with Crippen LogP contribution in [0.25, 0.3) is 0 Å². The lowest BCUT2D eigenvalue weighted by Crippen LogP contribution is -2.29. The fraction of sp³-hybridized carbons (Fsp3) is 0.190. The Balaban J connectivity index is 1.48. The second-order valence-corrected chi connectivity index (χ2v) is 6.38. The SMILES string of the molecule is NC(=O)c1cccc(NC(=O)NCc2nccn2CCCc2ccccc2)c1. The number of nitrogens with one attached hydrogen (secondary N) is 2. The first kappa shape index (κ1) is 19.2. The summed E-state index contributed by atoms with van der Waals surface area (Å²) in [4.78, 5) is 27.7. The molecular weight excluding hydrogens is 354 g/mol. The number of nitrogens with two attached hydrogens (primary N) is 1. The van der Waals surface area contributed by atoms with Crippen LogP contribution in [0.4, 0.5) is 10.5 Å². The molecule has 0 bridgehead atoms. The minimum absolute atomic E-state index is 0.305. The normalized spacial score (nSPS) is 10.4. The fourth-order valence-electron chi connectivity index (χ4n) is 2.89. The monoisotopic (exact) mass is 377 g/mol. The number of nitrogens with zero attached hydrogens (tertiary/aromatic N) is 2. The van der Waals surface area contributed by atoms with Gasteiger partial charge in [0.1, 0.15) is 5.82 Å². The van der Waals surface area contributed by atoms with Gasteiger partial charge in [0.05, 0.1) is 6.54 Å². The summed E-state index contributed by atoms with van der Waals surface area (Å²) in [6, 6.07) is 16.4. The molecule has 1 heterocycles. The Bertz CT molecular complexity index is 937. The Kier molecular flexibility index (Phi) is 6.41. The summed E-state index contributed by atoms with van der Waals surface area (Å²) in [7, 11) is 0. The van der Waals surface area contributed by atoms with Crippen LogP contribution < -0.4 is 16.4 Å². The molecule has 7 heteroatoms. The highest BCUT2D eigenvalue weighted by atomic mass is 16.2. The summed E-state index contributed by atoms with van der Waals surface area (Å²) in [5.74, 6) is 0.246. The van der Waals surface area contributed by atoms with E-state index in [-0.39, 0.29) is 6.03 Å². The van der Waals surface area contributed by atoms with Crippen molar-refractivity contribution >= 4 is 17.6 Å². The Morgan fingerprint density at radius 2 is 1.89 bits per heavy atom. The molecule has 3 aromatic rings. The van der Waals surface area contributed by atoms with E-state index in [1.54, 1.807) is 24.4 Å². The molecule has 0 unspecified atom stereocenters. The van der Waals surface area contributed by atoms with E-state index in [4.69, 9.17) is 5.73 Å². The smallest absolute Gasteiger partial charge is 0.319 e. The molecule has 3 amide bonds. The van der Waals surface area contributed by atoms with Gasteiger partial charge in [-0.3, -0.25) is 4.79 Å². The first-order valence-corrected chi connectivity index (χ1v) is 9.10.